The monoisotopic (exact) mass is 195 g/mol. The number of rotatable bonds is 3. The van der Waals surface area contributed by atoms with Crippen molar-refractivity contribution in [1.82, 2.24) is 0 Å². The van der Waals surface area contributed by atoms with Crippen LogP contribution in [0.1, 0.15) is 32.1 Å². The molecule has 1 fully saturated rings. The Kier molecular flexibility index (Phi) is 3.65. The molecule has 1 nitrogen and oxygen atoms in total. The predicted molar refractivity (Wildman–Crippen MR) is 46.5 cm³/mol. The Labute approximate surface area is 76.7 Å². The molecule has 0 spiro atoms. The maximum absolute atomic E-state index is 12.4. The average Bonchev–Trinajstić information content (AvgIpc) is 2.05. The van der Waals surface area contributed by atoms with Crippen molar-refractivity contribution in [3.63, 3.8) is 0 Å². The first-order valence-electron chi connectivity index (χ1n) is 4.78. The van der Waals surface area contributed by atoms with Crippen LogP contribution in [0.4, 0.5) is 12.9 Å². The smallest absolute Gasteiger partial charge is 0.447 e. The van der Waals surface area contributed by atoms with Gasteiger partial charge in [0.25, 0.3) is 0 Å². The number of ether oxygens (including phenoxy) is 1. The van der Waals surface area contributed by atoms with Gasteiger partial charge in [0.05, 0.1) is 0 Å². The SMILES string of the molecule is COC(C1CCCCC1)[B-](F)(F)F. The molecule has 1 unspecified atom stereocenters. The van der Waals surface area contributed by atoms with E-state index in [2.05, 4.69) is 4.74 Å². The molecule has 1 rings (SSSR count). The second kappa shape index (κ2) is 4.35. The average molecular weight is 195 g/mol. The Balaban J connectivity index is 2.54. The minimum Gasteiger partial charge on any atom is -0.447 e. The van der Waals surface area contributed by atoms with Gasteiger partial charge < -0.3 is 17.7 Å². The fourth-order valence-electron chi connectivity index (χ4n) is 2.12. The third kappa shape index (κ3) is 2.90. The van der Waals surface area contributed by atoms with E-state index in [1.54, 1.807) is 0 Å². The Morgan fingerprint density at radius 1 is 1.15 bits per heavy atom. The van der Waals surface area contributed by atoms with Crippen LogP contribution in [0, 0.1) is 5.92 Å². The summed E-state index contributed by atoms with van der Waals surface area (Å²) >= 11 is 0. The molecule has 1 aliphatic carbocycles. The highest BCUT2D eigenvalue weighted by molar-refractivity contribution is 6.60. The van der Waals surface area contributed by atoms with Crippen LogP contribution < -0.4 is 0 Å². The Morgan fingerprint density at radius 2 is 1.69 bits per heavy atom. The topological polar surface area (TPSA) is 9.23 Å². The van der Waals surface area contributed by atoms with Crippen molar-refractivity contribution >= 4 is 6.98 Å². The Bertz CT molecular complexity index is 154. The first-order chi connectivity index (χ1) is 6.05. The molecule has 0 aromatic heterocycles. The van der Waals surface area contributed by atoms with Gasteiger partial charge in [-0.15, -0.1) is 0 Å². The van der Waals surface area contributed by atoms with Gasteiger partial charge in [-0.05, 0) is 5.92 Å². The van der Waals surface area contributed by atoms with Crippen molar-refractivity contribution < 1.29 is 17.7 Å². The summed E-state index contributed by atoms with van der Waals surface area (Å²) in [5.74, 6) is -0.293. The molecule has 1 saturated carbocycles. The van der Waals surface area contributed by atoms with Crippen LogP contribution in [0.5, 0.6) is 0 Å². The van der Waals surface area contributed by atoms with E-state index in [4.69, 9.17) is 0 Å². The molecule has 0 saturated heterocycles. The highest BCUT2D eigenvalue weighted by Gasteiger charge is 2.40. The van der Waals surface area contributed by atoms with Crippen LogP contribution in [0.25, 0.3) is 0 Å². The number of hydrogen-bond acceptors (Lipinski definition) is 1. The molecule has 0 N–H and O–H groups in total. The molecule has 1 atom stereocenters. The van der Waals surface area contributed by atoms with Gasteiger partial charge in [-0.25, -0.2) is 0 Å². The van der Waals surface area contributed by atoms with Crippen molar-refractivity contribution in [2.75, 3.05) is 7.11 Å². The van der Waals surface area contributed by atoms with Gasteiger partial charge in [0.15, 0.2) is 0 Å². The molecule has 0 heterocycles. The summed E-state index contributed by atoms with van der Waals surface area (Å²) in [6, 6.07) is -1.49. The molecule has 0 aliphatic heterocycles. The minimum atomic E-state index is -4.83. The summed E-state index contributed by atoms with van der Waals surface area (Å²) in [4.78, 5) is 0. The Morgan fingerprint density at radius 3 is 2.08 bits per heavy atom. The summed E-state index contributed by atoms with van der Waals surface area (Å²) in [7, 11) is 1.16. The molecule has 1 aliphatic rings. The van der Waals surface area contributed by atoms with Crippen LogP contribution >= 0.6 is 0 Å². The van der Waals surface area contributed by atoms with Crippen LogP contribution in [0.2, 0.25) is 0 Å². The highest BCUT2D eigenvalue weighted by Crippen LogP contribution is 2.33. The Hall–Kier alpha value is -0.185. The van der Waals surface area contributed by atoms with Crippen LogP contribution in [-0.4, -0.2) is 20.1 Å². The van der Waals surface area contributed by atoms with Crippen molar-refractivity contribution in [2.24, 2.45) is 5.92 Å². The van der Waals surface area contributed by atoms with Gasteiger partial charge >= 0.3 is 6.98 Å². The third-order valence-electron chi connectivity index (χ3n) is 2.76. The fraction of sp³-hybridized carbons (Fsp3) is 1.00. The lowest BCUT2D eigenvalue weighted by Gasteiger charge is -2.35. The molecular weight excluding hydrogens is 180 g/mol. The molecule has 0 bridgehead atoms. The zero-order valence-electron chi connectivity index (χ0n) is 7.81. The lowest BCUT2D eigenvalue weighted by atomic mass is 9.69. The highest BCUT2D eigenvalue weighted by atomic mass is 19.4. The number of halogens is 3. The van der Waals surface area contributed by atoms with Gasteiger partial charge in [-0.2, -0.15) is 0 Å². The predicted octanol–water partition coefficient (Wildman–Crippen LogP) is 2.97. The van der Waals surface area contributed by atoms with E-state index in [0.29, 0.717) is 12.8 Å². The molecule has 78 valence electrons. The minimum absolute atomic E-state index is 0.293. The van der Waals surface area contributed by atoms with Crippen LogP contribution in [-0.2, 0) is 4.74 Å². The van der Waals surface area contributed by atoms with E-state index < -0.39 is 13.0 Å². The molecular formula is C8H15BF3O-. The van der Waals surface area contributed by atoms with E-state index in [1.165, 1.54) is 0 Å². The van der Waals surface area contributed by atoms with Crippen molar-refractivity contribution in [3.8, 4) is 0 Å². The van der Waals surface area contributed by atoms with Gasteiger partial charge in [0.1, 0.15) is 0 Å². The van der Waals surface area contributed by atoms with Gasteiger partial charge in [-0.1, -0.05) is 32.1 Å². The van der Waals surface area contributed by atoms with Crippen molar-refractivity contribution in [3.05, 3.63) is 0 Å². The first kappa shape index (κ1) is 10.9. The van der Waals surface area contributed by atoms with Crippen molar-refractivity contribution in [2.45, 2.75) is 38.1 Å². The van der Waals surface area contributed by atoms with Gasteiger partial charge in [0.2, 0.25) is 0 Å². The molecule has 0 radical (unpaired) electrons. The van der Waals surface area contributed by atoms with E-state index in [9.17, 15) is 12.9 Å². The molecule has 0 amide bonds. The normalized spacial score (nSPS) is 23.1. The zero-order chi connectivity index (χ0) is 9.90. The molecule has 0 aromatic carbocycles. The largest absolute Gasteiger partial charge is 0.506 e. The third-order valence-corrected chi connectivity index (χ3v) is 2.76. The van der Waals surface area contributed by atoms with Crippen LogP contribution in [0.15, 0.2) is 0 Å². The molecule has 0 aromatic rings. The number of hydrogen-bond donors (Lipinski definition) is 0. The first-order valence-corrected chi connectivity index (χ1v) is 4.78. The molecule has 5 heteroatoms. The van der Waals surface area contributed by atoms with E-state index >= 15 is 0 Å². The van der Waals surface area contributed by atoms with Crippen molar-refractivity contribution in [1.29, 1.82) is 0 Å². The lowest BCUT2D eigenvalue weighted by molar-refractivity contribution is 0.0620. The lowest BCUT2D eigenvalue weighted by Crippen LogP contribution is -2.43. The summed E-state index contributed by atoms with van der Waals surface area (Å²) in [5.41, 5.74) is 0. The van der Waals surface area contributed by atoms with E-state index in [1.807, 2.05) is 0 Å². The summed E-state index contributed by atoms with van der Waals surface area (Å²) in [6.07, 6.45) is 4.23. The summed E-state index contributed by atoms with van der Waals surface area (Å²) in [6.45, 7) is -4.83. The molecule has 13 heavy (non-hydrogen) atoms. The quantitative estimate of drug-likeness (QED) is 0.629. The maximum atomic E-state index is 12.4. The summed E-state index contributed by atoms with van der Waals surface area (Å²) < 4.78 is 41.9. The van der Waals surface area contributed by atoms with E-state index in [-0.39, 0.29) is 5.92 Å². The zero-order valence-corrected chi connectivity index (χ0v) is 7.81. The standard InChI is InChI=1S/C8H15BF3O/c1-13-8(9(10,11)12)7-5-3-2-4-6-7/h7-8H,2-6H2,1H3/q-1. The van der Waals surface area contributed by atoms with Crippen LogP contribution in [0.3, 0.4) is 0 Å². The van der Waals surface area contributed by atoms with Gasteiger partial charge in [-0.3, -0.25) is 0 Å². The second-order valence-electron chi connectivity index (χ2n) is 3.72. The number of methoxy groups -OCH3 is 1. The second-order valence-corrected chi connectivity index (χ2v) is 3.72. The summed E-state index contributed by atoms with van der Waals surface area (Å²) in [5, 5.41) is 0. The maximum Gasteiger partial charge on any atom is 0.506 e. The van der Waals surface area contributed by atoms with E-state index in [0.717, 1.165) is 26.4 Å². The fourth-order valence-corrected chi connectivity index (χ4v) is 2.12. The van der Waals surface area contributed by atoms with Gasteiger partial charge in [0, 0.05) is 13.1 Å².